The largest absolute Gasteiger partial charge is 0.480 e. The van der Waals surface area contributed by atoms with E-state index in [4.69, 9.17) is 10.2 Å². The molecule has 0 fully saturated rings. The van der Waals surface area contributed by atoms with Crippen LogP contribution in [0.3, 0.4) is 0 Å². The summed E-state index contributed by atoms with van der Waals surface area (Å²) in [5.41, 5.74) is 0. The lowest BCUT2D eigenvalue weighted by atomic mass is 10.4. The van der Waals surface area contributed by atoms with Gasteiger partial charge in [-0.25, -0.2) is 0 Å². The molecule has 0 aliphatic rings. The molecular weight excluding hydrogens is 134 g/mol. The smallest absolute Gasteiger partial charge is 0.317 e. The number of hydrogen-bond acceptors (Lipinski definition) is 3. The van der Waals surface area contributed by atoms with Gasteiger partial charge in [0.25, 0.3) is 0 Å². The van der Waals surface area contributed by atoms with Gasteiger partial charge in [-0.15, -0.1) is 0 Å². The molecule has 0 aromatic heterocycles. The third-order valence-corrected chi connectivity index (χ3v) is 1.27. The fraction of sp³-hybridized carbons (Fsp3) is 0.833. The SMILES string of the molecule is CCN(CC(=O)O)C(C)O. The Hall–Kier alpha value is -0.610. The van der Waals surface area contributed by atoms with Crippen LogP contribution < -0.4 is 0 Å². The number of carboxylic acids is 1. The molecule has 2 N–H and O–H groups in total. The lowest BCUT2D eigenvalue weighted by molar-refractivity contribution is -0.140. The average Bonchev–Trinajstić information content (AvgIpc) is 1.81. The lowest BCUT2D eigenvalue weighted by Crippen LogP contribution is -2.36. The highest BCUT2D eigenvalue weighted by atomic mass is 16.4. The maximum atomic E-state index is 10.1. The van der Waals surface area contributed by atoms with Gasteiger partial charge in [0.15, 0.2) is 0 Å². The maximum Gasteiger partial charge on any atom is 0.317 e. The number of carboxylic acid groups (broad SMARTS) is 1. The molecule has 0 aliphatic carbocycles. The molecule has 1 atom stereocenters. The van der Waals surface area contributed by atoms with Gasteiger partial charge in [0.2, 0.25) is 0 Å². The molecule has 1 unspecified atom stereocenters. The summed E-state index contributed by atoms with van der Waals surface area (Å²) in [4.78, 5) is 11.6. The Kier molecular flexibility index (Phi) is 3.99. The molecule has 4 nitrogen and oxygen atoms in total. The van der Waals surface area contributed by atoms with Crippen LogP contribution in [0, 0.1) is 0 Å². The van der Waals surface area contributed by atoms with Crippen molar-refractivity contribution in [3.8, 4) is 0 Å². The zero-order valence-corrected chi connectivity index (χ0v) is 6.24. The molecule has 0 amide bonds. The normalized spacial score (nSPS) is 13.6. The minimum Gasteiger partial charge on any atom is -0.480 e. The van der Waals surface area contributed by atoms with Crippen molar-refractivity contribution in [3.05, 3.63) is 0 Å². The Bertz CT molecular complexity index is 114. The van der Waals surface area contributed by atoms with E-state index < -0.39 is 12.2 Å². The fourth-order valence-corrected chi connectivity index (χ4v) is 0.682. The van der Waals surface area contributed by atoms with Crippen LogP contribution in [-0.2, 0) is 4.79 Å². The molecular formula is C6H13NO3. The van der Waals surface area contributed by atoms with E-state index in [9.17, 15) is 4.79 Å². The molecule has 0 aliphatic heterocycles. The maximum absolute atomic E-state index is 10.1. The standard InChI is InChI=1S/C6H13NO3/c1-3-7(5(2)8)4-6(9)10/h5,8H,3-4H2,1-2H3,(H,9,10). The minimum atomic E-state index is -0.914. The highest BCUT2D eigenvalue weighted by molar-refractivity contribution is 5.69. The Balaban J connectivity index is 3.71. The molecule has 4 heteroatoms. The summed E-state index contributed by atoms with van der Waals surface area (Å²) in [6.07, 6.45) is -0.680. The van der Waals surface area contributed by atoms with Crippen LogP contribution in [0.15, 0.2) is 0 Å². The predicted octanol–water partition coefficient (Wildman–Crippen LogP) is -0.269. The highest BCUT2D eigenvalue weighted by Crippen LogP contribution is 1.92. The molecule has 60 valence electrons. The monoisotopic (exact) mass is 147 g/mol. The molecule has 0 bridgehead atoms. The molecule has 0 saturated heterocycles. The molecule has 0 saturated carbocycles. The summed E-state index contributed by atoms with van der Waals surface area (Å²) >= 11 is 0. The van der Waals surface area contributed by atoms with Crippen LogP contribution in [0.4, 0.5) is 0 Å². The zero-order chi connectivity index (χ0) is 8.15. The lowest BCUT2D eigenvalue weighted by Gasteiger charge is -2.20. The van der Waals surface area contributed by atoms with E-state index >= 15 is 0 Å². The van der Waals surface area contributed by atoms with Gasteiger partial charge >= 0.3 is 5.97 Å². The number of nitrogens with zero attached hydrogens (tertiary/aromatic N) is 1. The molecule has 0 radical (unpaired) electrons. The predicted molar refractivity (Wildman–Crippen MR) is 36.6 cm³/mol. The van der Waals surface area contributed by atoms with Crippen molar-refractivity contribution >= 4 is 5.97 Å². The van der Waals surface area contributed by atoms with E-state index in [0.717, 1.165) is 0 Å². The van der Waals surface area contributed by atoms with Crippen molar-refractivity contribution in [1.29, 1.82) is 0 Å². The van der Waals surface area contributed by atoms with Crippen molar-refractivity contribution < 1.29 is 15.0 Å². The molecule has 0 aromatic carbocycles. The number of hydrogen-bond donors (Lipinski definition) is 2. The van der Waals surface area contributed by atoms with E-state index in [1.165, 1.54) is 4.90 Å². The molecule has 0 heterocycles. The summed E-state index contributed by atoms with van der Waals surface area (Å²) in [5, 5.41) is 17.2. The van der Waals surface area contributed by atoms with E-state index in [-0.39, 0.29) is 6.54 Å². The van der Waals surface area contributed by atoms with Gasteiger partial charge < -0.3 is 10.2 Å². The Labute approximate surface area is 60.1 Å². The number of aliphatic carboxylic acids is 1. The van der Waals surface area contributed by atoms with E-state index in [1.807, 2.05) is 0 Å². The topological polar surface area (TPSA) is 60.8 Å². The van der Waals surface area contributed by atoms with E-state index in [0.29, 0.717) is 6.54 Å². The molecule has 0 spiro atoms. The van der Waals surface area contributed by atoms with Gasteiger partial charge in [0.05, 0.1) is 6.54 Å². The van der Waals surface area contributed by atoms with Gasteiger partial charge in [-0.3, -0.25) is 9.69 Å². The van der Waals surface area contributed by atoms with Gasteiger partial charge in [-0.05, 0) is 13.5 Å². The molecule has 0 rings (SSSR count). The Morgan fingerprint density at radius 2 is 2.20 bits per heavy atom. The highest BCUT2D eigenvalue weighted by Gasteiger charge is 2.10. The van der Waals surface area contributed by atoms with Gasteiger partial charge in [-0.2, -0.15) is 0 Å². The average molecular weight is 147 g/mol. The van der Waals surface area contributed by atoms with Gasteiger partial charge in [0.1, 0.15) is 6.23 Å². The summed E-state index contributed by atoms with van der Waals surface area (Å²) in [7, 11) is 0. The van der Waals surface area contributed by atoms with Crippen LogP contribution in [0.1, 0.15) is 13.8 Å². The van der Waals surface area contributed by atoms with Crippen molar-refractivity contribution in [2.75, 3.05) is 13.1 Å². The van der Waals surface area contributed by atoms with Crippen LogP contribution in [0.25, 0.3) is 0 Å². The third-order valence-electron chi connectivity index (χ3n) is 1.27. The first-order chi connectivity index (χ1) is 4.57. The summed E-state index contributed by atoms with van der Waals surface area (Å²) < 4.78 is 0. The first-order valence-corrected chi connectivity index (χ1v) is 3.21. The third kappa shape index (κ3) is 3.42. The zero-order valence-electron chi connectivity index (χ0n) is 6.24. The van der Waals surface area contributed by atoms with E-state index in [1.54, 1.807) is 13.8 Å². The first kappa shape index (κ1) is 9.39. The van der Waals surface area contributed by atoms with Crippen LogP contribution in [0.2, 0.25) is 0 Å². The van der Waals surface area contributed by atoms with Crippen LogP contribution in [0.5, 0.6) is 0 Å². The fourth-order valence-electron chi connectivity index (χ4n) is 0.682. The number of likely N-dealkylation sites (N-methyl/N-ethyl adjacent to an activating group) is 1. The summed E-state index contributed by atoms with van der Waals surface area (Å²) in [5.74, 6) is -0.914. The van der Waals surface area contributed by atoms with Crippen LogP contribution >= 0.6 is 0 Å². The number of aliphatic hydroxyl groups is 1. The van der Waals surface area contributed by atoms with E-state index in [2.05, 4.69) is 0 Å². The second-order valence-corrected chi connectivity index (χ2v) is 2.09. The van der Waals surface area contributed by atoms with Crippen molar-refractivity contribution in [1.82, 2.24) is 4.90 Å². The van der Waals surface area contributed by atoms with Crippen molar-refractivity contribution in [3.63, 3.8) is 0 Å². The second kappa shape index (κ2) is 4.24. The van der Waals surface area contributed by atoms with Gasteiger partial charge in [-0.1, -0.05) is 6.92 Å². The Morgan fingerprint density at radius 3 is 2.30 bits per heavy atom. The first-order valence-electron chi connectivity index (χ1n) is 3.21. The van der Waals surface area contributed by atoms with Crippen molar-refractivity contribution in [2.24, 2.45) is 0 Å². The molecule has 0 aromatic rings. The Morgan fingerprint density at radius 1 is 1.70 bits per heavy atom. The number of rotatable bonds is 4. The minimum absolute atomic E-state index is 0.103. The number of carbonyl (C=O) groups is 1. The van der Waals surface area contributed by atoms with Gasteiger partial charge in [0, 0.05) is 0 Å². The van der Waals surface area contributed by atoms with Crippen LogP contribution in [-0.4, -0.2) is 40.4 Å². The quantitative estimate of drug-likeness (QED) is 0.537. The van der Waals surface area contributed by atoms with Crippen molar-refractivity contribution in [2.45, 2.75) is 20.1 Å². The second-order valence-electron chi connectivity index (χ2n) is 2.09. The summed E-state index contributed by atoms with van der Waals surface area (Å²) in [6, 6.07) is 0. The summed E-state index contributed by atoms with van der Waals surface area (Å²) in [6.45, 7) is 3.79. The molecule has 10 heavy (non-hydrogen) atoms. The number of aliphatic hydroxyl groups excluding tert-OH is 1.